The molecule has 0 N–H and O–H groups in total. The second-order valence-electron chi connectivity index (χ2n) is 8.86. The van der Waals surface area contributed by atoms with E-state index in [-0.39, 0.29) is 25.5 Å². The Morgan fingerprint density at radius 3 is 2.31 bits per heavy atom. The van der Waals surface area contributed by atoms with Crippen LogP contribution in [0.5, 0.6) is 5.75 Å². The van der Waals surface area contributed by atoms with E-state index in [1.54, 1.807) is 23.0 Å². The number of nitrogens with zero attached hydrogens (tertiary/aromatic N) is 3. The van der Waals surface area contributed by atoms with Crippen LogP contribution in [-0.2, 0) is 33.9 Å². The molecule has 0 bridgehead atoms. The number of urea groups is 1. The summed E-state index contributed by atoms with van der Waals surface area (Å²) in [6, 6.07) is 14.1. The molecule has 0 unspecified atom stereocenters. The highest BCUT2D eigenvalue weighted by molar-refractivity contribution is 5.85. The highest BCUT2D eigenvalue weighted by atomic mass is 16.6. The second kappa shape index (κ2) is 11.2. The molecule has 190 valence electrons. The van der Waals surface area contributed by atoms with Crippen molar-refractivity contribution in [2.75, 3.05) is 27.3 Å². The first kappa shape index (κ1) is 25.1. The predicted octanol–water partition coefficient (Wildman–Crippen LogP) is 3.57. The third kappa shape index (κ3) is 5.45. The lowest BCUT2D eigenvalue weighted by Gasteiger charge is -2.30. The van der Waals surface area contributed by atoms with Crippen molar-refractivity contribution in [3.8, 4) is 5.75 Å². The molecule has 2 aliphatic rings. The van der Waals surface area contributed by atoms with E-state index >= 15 is 0 Å². The normalized spacial score (nSPS) is 18.4. The van der Waals surface area contributed by atoms with Crippen molar-refractivity contribution in [3.05, 3.63) is 77.9 Å². The molecule has 0 aliphatic carbocycles. The zero-order valence-corrected chi connectivity index (χ0v) is 20.6. The summed E-state index contributed by atoms with van der Waals surface area (Å²) in [7, 11) is 2.87. The molecule has 36 heavy (non-hydrogen) atoms. The average molecular weight is 494 g/mol. The predicted molar refractivity (Wildman–Crippen MR) is 132 cm³/mol. The van der Waals surface area contributed by atoms with Crippen molar-refractivity contribution >= 4 is 18.1 Å². The van der Waals surface area contributed by atoms with Crippen LogP contribution in [0.25, 0.3) is 0 Å². The molecule has 2 atom stereocenters. The topological polar surface area (TPSA) is 88.6 Å². The van der Waals surface area contributed by atoms with E-state index in [0.29, 0.717) is 19.6 Å². The lowest BCUT2D eigenvalue weighted by molar-refractivity contribution is -0.145. The first-order chi connectivity index (χ1) is 17.4. The Kier molecular flexibility index (Phi) is 7.77. The third-order valence-corrected chi connectivity index (χ3v) is 6.50. The largest absolute Gasteiger partial charge is 0.497 e. The van der Waals surface area contributed by atoms with Crippen LogP contribution in [0.4, 0.5) is 9.59 Å². The summed E-state index contributed by atoms with van der Waals surface area (Å²) in [5, 5.41) is 0. The van der Waals surface area contributed by atoms with Crippen LogP contribution in [0.2, 0.25) is 0 Å². The fourth-order valence-corrected chi connectivity index (χ4v) is 4.63. The van der Waals surface area contributed by atoms with Gasteiger partial charge in [-0.2, -0.15) is 0 Å². The molecule has 0 spiro atoms. The second-order valence-corrected chi connectivity index (χ2v) is 8.86. The molecule has 1 saturated heterocycles. The molecule has 0 aromatic heterocycles. The molecule has 3 amide bonds. The fourth-order valence-electron chi connectivity index (χ4n) is 4.63. The minimum atomic E-state index is -0.848. The molecule has 2 aliphatic heterocycles. The summed E-state index contributed by atoms with van der Waals surface area (Å²) < 4.78 is 15.9. The summed E-state index contributed by atoms with van der Waals surface area (Å²) >= 11 is 0. The van der Waals surface area contributed by atoms with Crippen molar-refractivity contribution in [1.82, 2.24) is 14.7 Å². The van der Waals surface area contributed by atoms with Crippen LogP contribution < -0.4 is 4.74 Å². The minimum Gasteiger partial charge on any atom is -0.497 e. The van der Waals surface area contributed by atoms with Gasteiger partial charge in [0, 0.05) is 32.6 Å². The number of hydrogen-bond acceptors (Lipinski definition) is 6. The molecule has 9 nitrogen and oxygen atoms in total. The number of carbonyl (C=O) groups is 3. The smallest absolute Gasteiger partial charge is 0.410 e. The van der Waals surface area contributed by atoms with E-state index in [0.717, 1.165) is 22.4 Å². The molecule has 0 saturated carbocycles. The number of amides is 3. The van der Waals surface area contributed by atoms with Gasteiger partial charge >= 0.3 is 18.1 Å². The van der Waals surface area contributed by atoms with E-state index in [1.807, 2.05) is 48.5 Å². The summed E-state index contributed by atoms with van der Waals surface area (Å²) in [5.41, 5.74) is 3.07. The maximum atomic E-state index is 13.6. The Morgan fingerprint density at radius 2 is 1.72 bits per heavy atom. The Morgan fingerprint density at radius 1 is 1.06 bits per heavy atom. The molecule has 2 aromatic carbocycles. The maximum Gasteiger partial charge on any atom is 0.410 e. The number of likely N-dealkylation sites (tertiary alicyclic amines) is 1. The fraction of sp³-hybridized carbons (Fsp3) is 0.370. The van der Waals surface area contributed by atoms with E-state index in [9.17, 15) is 14.4 Å². The minimum absolute atomic E-state index is 0.0986. The van der Waals surface area contributed by atoms with Gasteiger partial charge in [0.05, 0.1) is 20.8 Å². The number of esters is 1. The van der Waals surface area contributed by atoms with Gasteiger partial charge in [-0.1, -0.05) is 42.5 Å². The molecular formula is C27H31N3O6. The van der Waals surface area contributed by atoms with E-state index in [4.69, 9.17) is 14.2 Å². The number of carbonyl (C=O) groups excluding carboxylic acids is 3. The van der Waals surface area contributed by atoms with Gasteiger partial charge in [-0.05, 0) is 28.8 Å². The molecular weight excluding hydrogens is 462 g/mol. The number of rotatable bonds is 7. The van der Waals surface area contributed by atoms with Gasteiger partial charge in [0.15, 0.2) is 0 Å². The van der Waals surface area contributed by atoms with Crippen LogP contribution in [-0.4, -0.2) is 72.2 Å². The van der Waals surface area contributed by atoms with Crippen LogP contribution in [0.1, 0.15) is 23.1 Å². The van der Waals surface area contributed by atoms with Crippen LogP contribution >= 0.6 is 0 Å². The van der Waals surface area contributed by atoms with Crippen molar-refractivity contribution in [2.45, 2.75) is 38.2 Å². The molecule has 2 aromatic rings. The highest BCUT2D eigenvalue weighted by Gasteiger charge is 2.44. The van der Waals surface area contributed by atoms with Crippen LogP contribution in [0, 0.1) is 0 Å². The van der Waals surface area contributed by atoms with E-state index in [1.165, 1.54) is 12.0 Å². The standard InChI is InChI=1S/C27H31N3O6/c1-4-13-28(15-19-9-11-22(34-2)12-10-19)26(32)30-18-23(14-24(30)25(31)35-3)36-27(33)29-16-20-7-5-6-8-21(20)17-29/h4-12,23-24H,1,13-18H2,2-3H3/t23-,24+/m1/s1. The summed E-state index contributed by atoms with van der Waals surface area (Å²) in [4.78, 5) is 43.6. The number of hydrogen-bond donors (Lipinski definition) is 0. The number of ether oxygens (including phenoxy) is 3. The third-order valence-electron chi connectivity index (χ3n) is 6.50. The van der Waals surface area contributed by atoms with Gasteiger partial charge in [0.2, 0.25) is 0 Å². The Hall–Kier alpha value is -4.01. The molecule has 9 heteroatoms. The van der Waals surface area contributed by atoms with Gasteiger partial charge < -0.3 is 24.0 Å². The van der Waals surface area contributed by atoms with Crippen LogP contribution in [0.15, 0.2) is 61.2 Å². The van der Waals surface area contributed by atoms with Gasteiger partial charge in [-0.15, -0.1) is 6.58 Å². The van der Waals surface area contributed by atoms with Crippen molar-refractivity contribution in [2.24, 2.45) is 0 Å². The number of methoxy groups -OCH3 is 2. The van der Waals surface area contributed by atoms with E-state index < -0.39 is 24.2 Å². The lowest BCUT2D eigenvalue weighted by atomic mass is 10.1. The van der Waals surface area contributed by atoms with Gasteiger partial charge in [0.25, 0.3) is 0 Å². The number of benzene rings is 2. The number of fused-ring (bicyclic) bond motifs is 1. The lowest BCUT2D eigenvalue weighted by Crippen LogP contribution is -2.48. The van der Waals surface area contributed by atoms with Crippen molar-refractivity contribution in [3.63, 3.8) is 0 Å². The summed E-state index contributed by atoms with van der Waals surface area (Å²) in [6.07, 6.45) is 0.721. The van der Waals surface area contributed by atoms with Gasteiger partial charge in [-0.3, -0.25) is 4.90 Å². The Labute approximate surface area is 210 Å². The van der Waals surface area contributed by atoms with Gasteiger partial charge in [0.1, 0.15) is 17.9 Å². The first-order valence-corrected chi connectivity index (χ1v) is 11.8. The van der Waals surface area contributed by atoms with Crippen molar-refractivity contribution in [1.29, 1.82) is 0 Å². The molecule has 4 rings (SSSR count). The first-order valence-electron chi connectivity index (χ1n) is 11.8. The average Bonchev–Trinajstić information content (AvgIpc) is 3.52. The summed E-state index contributed by atoms with van der Waals surface area (Å²) in [5.74, 6) is 0.176. The Bertz CT molecular complexity index is 1090. The zero-order chi connectivity index (χ0) is 25.7. The Balaban J connectivity index is 1.44. The zero-order valence-electron chi connectivity index (χ0n) is 20.6. The highest BCUT2D eigenvalue weighted by Crippen LogP contribution is 2.27. The maximum absolute atomic E-state index is 13.6. The summed E-state index contributed by atoms with van der Waals surface area (Å²) in [6.45, 7) is 5.41. The molecule has 0 radical (unpaired) electrons. The van der Waals surface area contributed by atoms with E-state index in [2.05, 4.69) is 6.58 Å². The van der Waals surface area contributed by atoms with Crippen molar-refractivity contribution < 1.29 is 28.6 Å². The quantitative estimate of drug-likeness (QED) is 0.433. The molecule has 1 fully saturated rings. The molecule has 2 heterocycles. The van der Waals surface area contributed by atoms with Gasteiger partial charge in [-0.25, -0.2) is 14.4 Å². The SMILES string of the molecule is C=CCN(Cc1ccc(OC)cc1)C(=O)N1C[C@H](OC(=O)N2Cc3ccccc3C2)C[C@H]1C(=O)OC. The monoisotopic (exact) mass is 493 g/mol. The van der Waals surface area contributed by atoms with Crippen LogP contribution in [0.3, 0.4) is 0 Å².